The average Bonchev–Trinajstić information content (AvgIpc) is 2.94. The minimum Gasteiger partial charge on any atom is -0.480 e. The molecule has 0 aliphatic carbocycles. The second-order valence-electron chi connectivity index (χ2n) is 8.54. The van der Waals surface area contributed by atoms with Crippen molar-refractivity contribution in [2.45, 2.75) is 13.0 Å². The summed E-state index contributed by atoms with van der Waals surface area (Å²) in [6.07, 6.45) is 0.656. The molecular weight excluding hydrogens is 500 g/mol. The minimum atomic E-state index is -0.803. The Bertz CT molecular complexity index is 1680. The molecule has 1 atom stereocenters. The molecule has 5 aromatic rings. The van der Waals surface area contributed by atoms with Gasteiger partial charge in [-0.25, -0.2) is 10.2 Å². The van der Waals surface area contributed by atoms with Crippen LogP contribution in [0.25, 0.3) is 21.5 Å². The van der Waals surface area contributed by atoms with Crippen molar-refractivity contribution in [3.05, 3.63) is 119 Å². The van der Waals surface area contributed by atoms with Crippen molar-refractivity contribution in [2.75, 3.05) is 0 Å². The molecule has 0 bridgehead atoms. The maximum absolute atomic E-state index is 12.8. The van der Waals surface area contributed by atoms with Gasteiger partial charge in [0.2, 0.25) is 0 Å². The molecule has 1 N–H and O–H groups in total. The van der Waals surface area contributed by atoms with Gasteiger partial charge in [0.15, 0.2) is 6.10 Å². The molecule has 0 saturated heterocycles. The molecule has 1 amide bonds. The van der Waals surface area contributed by atoms with Crippen molar-refractivity contribution in [3.8, 4) is 11.5 Å². The molecule has 0 saturated carbocycles. The highest BCUT2D eigenvalue weighted by atomic mass is 35.5. The Morgan fingerprint density at radius 3 is 2.24 bits per heavy atom. The van der Waals surface area contributed by atoms with E-state index in [1.165, 1.54) is 6.21 Å². The van der Waals surface area contributed by atoms with E-state index in [-0.39, 0.29) is 11.3 Å². The van der Waals surface area contributed by atoms with Gasteiger partial charge >= 0.3 is 5.97 Å². The standard InChI is InChI=1S/C31H23ClN2O4/c1-20(37-28-16-8-11-21-9-3-5-13-24(21)28)30(35)34-33-19-26-23-12-4-2-10-22(23)17-18-29(26)38-31(36)25-14-6-7-15-27(25)32/h2-20H,1H3,(H,34,35)/b33-19-/t20-/m1/s1. The highest BCUT2D eigenvalue weighted by molar-refractivity contribution is 6.33. The topological polar surface area (TPSA) is 77.0 Å². The lowest BCUT2D eigenvalue weighted by Crippen LogP contribution is -2.33. The van der Waals surface area contributed by atoms with Crippen molar-refractivity contribution < 1.29 is 19.1 Å². The Hall–Kier alpha value is -4.68. The van der Waals surface area contributed by atoms with E-state index in [0.717, 1.165) is 21.5 Å². The van der Waals surface area contributed by atoms with Crippen LogP contribution in [0.4, 0.5) is 0 Å². The summed E-state index contributed by atoms with van der Waals surface area (Å²) in [6.45, 7) is 1.65. The van der Waals surface area contributed by atoms with Gasteiger partial charge in [0, 0.05) is 10.9 Å². The molecule has 0 radical (unpaired) electrons. The van der Waals surface area contributed by atoms with E-state index >= 15 is 0 Å². The van der Waals surface area contributed by atoms with Crippen LogP contribution in [0.15, 0.2) is 108 Å². The number of carbonyl (C=O) groups is 2. The van der Waals surface area contributed by atoms with E-state index in [9.17, 15) is 9.59 Å². The van der Waals surface area contributed by atoms with Crippen LogP contribution in [0.2, 0.25) is 5.02 Å². The summed E-state index contributed by atoms with van der Waals surface area (Å²) in [7, 11) is 0. The van der Waals surface area contributed by atoms with E-state index in [0.29, 0.717) is 16.3 Å². The first kappa shape index (κ1) is 25.0. The molecule has 5 rings (SSSR count). The second kappa shape index (κ2) is 11.2. The molecule has 6 nitrogen and oxygen atoms in total. The molecule has 0 fully saturated rings. The van der Waals surface area contributed by atoms with Crippen LogP contribution in [-0.2, 0) is 4.79 Å². The number of hydrogen-bond donors (Lipinski definition) is 1. The normalized spacial score (nSPS) is 11.9. The molecule has 0 aromatic heterocycles. The van der Waals surface area contributed by atoms with Crippen molar-refractivity contribution in [2.24, 2.45) is 5.10 Å². The number of benzene rings is 5. The molecule has 0 unspecified atom stereocenters. The number of fused-ring (bicyclic) bond motifs is 2. The van der Waals surface area contributed by atoms with E-state index in [4.69, 9.17) is 21.1 Å². The van der Waals surface area contributed by atoms with Crippen molar-refractivity contribution in [1.29, 1.82) is 0 Å². The number of nitrogens with one attached hydrogen (secondary N) is 1. The average molecular weight is 523 g/mol. The fraction of sp³-hybridized carbons (Fsp3) is 0.0645. The first-order chi connectivity index (χ1) is 18.5. The van der Waals surface area contributed by atoms with Gasteiger partial charge in [-0.05, 0) is 47.3 Å². The van der Waals surface area contributed by atoms with Gasteiger partial charge in [-0.3, -0.25) is 4.79 Å². The maximum atomic E-state index is 12.8. The smallest absolute Gasteiger partial charge is 0.345 e. The molecule has 0 aliphatic heterocycles. The number of hydrazone groups is 1. The van der Waals surface area contributed by atoms with Gasteiger partial charge in [-0.2, -0.15) is 5.10 Å². The molecule has 5 aromatic carbocycles. The Balaban J connectivity index is 1.36. The van der Waals surface area contributed by atoms with Crippen LogP contribution < -0.4 is 14.9 Å². The number of rotatable bonds is 7. The lowest BCUT2D eigenvalue weighted by atomic mass is 10.0. The predicted octanol–water partition coefficient (Wildman–Crippen LogP) is 6.78. The van der Waals surface area contributed by atoms with Crippen LogP contribution in [0, 0.1) is 0 Å². The molecule has 0 aliphatic rings. The SMILES string of the molecule is C[C@@H](Oc1cccc2ccccc12)C(=O)N/N=C\c1c(OC(=O)c2ccccc2Cl)ccc2ccccc12. The van der Waals surface area contributed by atoms with Crippen LogP contribution in [-0.4, -0.2) is 24.2 Å². The zero-order valence-corrected chi connectivity index (χ0v) is 21.2. The lowest BCUT2D eigenvalue weighted by molar-refractivity contribution is -0.127. The largest absolute Gasteiger partial charge is 0.480 e. The number of halogens is 1. The van der Waals surface area contributed by atoms with E-state index < -0.39 is 18.0 Å². The Morgan fingerprint density at radius 2 is 1.45 bits per heavy atom. The Morgan fingerprint density at radius 1 is 0.789 bits per heavy atom. The van der Waals surface area contributed by atoms with E-state index in [2.05, 4.69) is 10.5 Å². The van der Waals surface area contributed by atoms with Crippen LogP contribution >= 0.6 is 11.6 Å². The second-order valence-corrected chi connectivity index (χ2v) is 8.95. The molecule has 7 heteroatoms. The van der Waals surface area contributed by atoms with Crippen molar-refractivity contribution in [1.82, 2.24) is 5.43 Å². The Kier molecular flexibility index (Phi) is 7.33. The molecule has 38 heavy (non-hydrogen) atoms. The summed E-state index contributed by atoms with van der Waals surface area (Å²) >= 11 is 6.17. The summed E-state index contributed by atoms with van der Waals surface area (Å²) in [5.74, 6) is -0.130. The molecule has 0 spiro atoms. The molecule has 188 valence electrons. The Labute approximate surface area is 224 Å². The number of carbonyl (C=O) groups excluding carboxylic acids is 2. The molecular formula is C31H23ClN2O4. The zero-order chi connectivity index (χ0) is 26.5. The highest BCUT2D eigenvalue weighted by Gasteiger charge is 2.17. The van der Waals surface area contributed by atoms with Crippen molar-refractivity contribution in [3.63, 3.8) is 0 Å². The number of esters is 1. The first-order valence-electron chi connectivity index (χ1n) is 12.0. The van der Waals surface area contributed by atoms with Gasteiger partial charge in [0.05, 0.1) is 16.8 Å². The third kappa shape index (κ3) is 5.36. The summed E-state index contributed by atoms with van der Waals surface area (Å²) < 4.78 is 11.6. The van der Waals surface area contributed by atoms with Gasteiger partial charge < -0.3 is 9.47 Å². The molecule has 0 heterocycles. The summed E-state index contributed by atoms with van der Waals surface area (Å²) in [6, 6.07) is 31.3. The summed E-state index contributed by atoms with van der Waals surface area (Å²) in [5.41, 5.74) is 3.31. The summed E-state index contributed by atoms with van der Waals surface area (Å²) in [4.78, 5) is 25.6. The lowest BCUT2D eigenvalue weighted by Gasteiger charge is -2.15. The maximum Gasteiger partial charge on any atom is 0.345 e. The number of amides is 1. The number of hydrogen-bond acceptors (Lipinski definition) is 5. The van der Waals surface area contributed by atoms with Gasteiger partial charge in [0.25, 0.3) is 5.91 Å². The summed E-state index contributed by atoms with van der Waals surface area (Å²) in [5, 5.41) is 8.10. The fourth-order valence-corrected chi connectivity index (χ4v) is 4.29. The van der Waals surface area contributed by atoms with Crippen molar-refractivity contribution >= 4 is 51.2 Å². The monoisotopic (exact) mass is 522 g/mol. The van der Waals surface area contributed by atoms with Gasteiger partial charge in [0.1, 0.15) is 11.5 Å². The first-order valence-corrected chi connectivity index (χ1v) is 12.3. The van der Waals surface area contributed by atoms with E-state index in [1.54, 1.807) is 37.3 Å². The predicted molar refractivity (Wildman–Crippen MR) is 150 cm³/mol. The quantitative estimate of drug-likeness (QED) is 0.111. The number of ether oxygens (including phenoxy) is 2. The number of nitrogens with zero attached hydrogens (tertiary/aromatic N) is 1. The van der Waals surface area contributed by atoms with Crippen LogP contribution in [0.1, 0.15) is 22.8 Å². The minimum absolute atomic E-state index is 0.248. The fourth-order valence-electron chi connectivity index (χ4n) is 4.07. The van der Waals surface area contributed by atoms with Gasteiger partial charge in [-0.15, -0.1) is 0 Å². The third-order valence-electron chi connectivity index (χ3n) is 6.02. The zero-order valence-electron chi connectivity index (χ0n) is 20.4. The highest BCUT2D eigenvalue weighted by Crippen LogP contribution is 2.29. The third-order valence-corrected chi connectivity index (χ3v) is 6.35. The van der Waals surface area contributed by atoms with Gasteiger partial charge in [-0.1, -0.05) is 90.5 Å². The van der Waals surface area contributed by atoms with Crippen LogP contribution in [0.3, 0.4) is 0 Å². The van der Waals surface area contributed by atoms with E-state index in [1.807, 2.05) is 72.8 Å². The van der Waals surface area contributed by atoms with Crippen LogP contribution in [0.5, 0.6) is 11.5 Å².